The molecule has 2 aromatic rings. The number of hydrogen-bond acceptors (Lipinski definition) is 3. The van der Waals surface area contributed by atoms with Crippen molar-refractivity contribution in [1.29, 1.82) is 0 Å². The van der Waals surface area contributed by atoms with Crippen LogP contribution in [0.1, 0.15) is 10.6 Å². The number of thiazole rings is 1. The summed E-state index contributed by atoms with van der Waals surface area (Å²) >= 11 is 1.67. The molecule has 0 aliphatic carbocycles. The second-order valence-corrected chi connectivity index (χ2v) is 4.06. The van der Waals surface area contributed by atoms with Crippen molar-refractivity contribution < 1.29 is 0 Å². The van der Waals surface area contributed by atoms with Crippen molar-refractivity contribution in [3.8, 4) is 11.3 Å². The second-order valence-electron chi connectivity index (χ2n) is 3.00. The third-order valence-electron chi connectivity index (χ3n) is 1.79. The molecule has 0 fully saturated rings. The predicted octanol–water partition coefficient (Wildman–Crippen LogP) is 2.82. The van der Waals surface area contributed by atoms with Crippen LogP contribution in [-0.4, -0.2) is 9.97 Å². The van der Waals surface area contributed by atoms with Crippen LogP contribution in [0.2, 0.25) is 0 Å². The van der Waals surface area contributed by atoms with E-state index in [1.165, 1.54) is 5.56 Å². The average Bonchev–Trinajstić information content (AvgIpc) is 2.52. The molecule has 0 spiro atoms. The van der Waals surface area contributed by atoms with E-state index in [9.17, 15) is 0 Å². The van der Waals surface area contributed by atoms with Gasteiger partial charge >= 0.3 is 0 Å². The van der Waals surface area contributed by atoms with E-state index in [2.05, 4.69) is 21.4 Å². The Morgan fingerprint density at radius 1 is 1.23 bits per heavy atom. The van der Waals surface area contributed by atoms with Gasteiger partial charge in [0.25, 0.3) is 0 Å². The third-order valence-corrected chi connectivity index (χ3v) is 2.56. The highest BCUT2D eigenvalue weighted by atomic mass is 32.1. The Morgan fingerprint density at radius 2 is 2.08 bits per heavy atom. The van der Waals surface area contributed by atoms with Crippen molar-refractivity contribution in [2.75, 3.05) is 0 Å². The molecule has 0 N–H and O–H groups in total. The van der Waals surface area contributed by atoms with Crippen molar-refractivity contribution in [2.45, 2.75) is 13.8 Å². The van der Waals surface area contributed by atoms with E-state index in [-0.39, 0.29) is 0 Å². The van der Waals surface area contributed by atoms with Crippen LogP contribution in [0.3, 0.4) is 0 Å². The van der Waals surface area contributed by atoms with Gasteiger partial charge in [0.2, 0.25) is 0 Å². The van der Waals surface area contributed by atoms with Crippen LogP contribution in [0.4, 0.5) is 0 Å². The highest BCUT2D eigenvalue weighted by Gasteiger charge is 2.01. The summed E-state index contributed by atoms with van der Waals surface area (Å²) in [6.07, 6.45) is 3.70. The number of nitrogens with zero attached hydrogens (tertiary/aromatic N) is 2. The first kappa shape index (κ1) is 8.38. The fourth-order valence-corrected chi connectivity index (χ4v) is 1.81. The summed E-state index contributed by atoms with van der Waals surface area (Å²) in [7, 11) is 0. The van der Waals surface area contributed by atoms with Crippen LogP contribution >= 0.6 is 11.3 Å². The lowest BCUT2D eigenvalue weighted by molar-refractivity contribution is 1.24. The smallest absolute Gasteiger partial charge is 0.0901 e. The molecule has 2 heterocycles. The summed E-state index contributed by atoms with van der Waals surface area (Å²) in [5.74, 6) is 0. The maximum atomic E-state index is 4.40. The Bertz CT molecular complexity index is 420. The van der Waals surface area contributed by atoms with Gasteiger partial charge in [0.05, 0.1) is 10.7 Å². The van der Waals surface area contributed by atoms with Crippen molar-refractivity contribution >= 4 is 11.3 Å². The Kier molecular flexibility index (Phi) is 2.10. The van der Waals surface area contributed by atoms with Gasteiger partial charge in [-0.15, -0.1) is 11.3 Å². The Labute approximate surface area is 81.3 Å². The largest absolute Gasteiger partial charge is 0.264 e. The van der Waals surface area contributed by atoms with Gasteiger partial charge in [0, 0.05) is 23.3 Å². The first-order valence-electron chi connectivity index (χ1n) is 4.10. The van der Waals surface area contributed by atoms with Gasteiger partial charge in [-0.05, 0) is 25.5 Å². The Hall–Kier alpha value is -1.22. The van der Waals surface area contributed by atoms with E-state index in [0.29, 0.717) is 0 Å². The van der Waals surface area contributed by atoms with Crippen LogP contribution in [0.25, 0.3) is 11.3 Å². The van der Waals surface area contributed by atoms with Gasteiger partial charge < -0.3 is 0 Å². The van der Waals surface area contributed by atoms with Gasteiger partial charge in [-0.2, -0.15) is 0 Å². The number of aryl methyl sites for hydroxylation is 2. The molecule has 0 atom stereocenters. The molecular weight excluding hydrogens is 180 g/mol. The maximum Gasteiger partial charge on any atom is 0.0901 e. The lowest BCUT2D eigenvalue weighted by atomic mass is 10.2. The molecule has 0 amide bonds. The Balaban J connectivity index is 2.46. The fourth-order valence-electron chi connectivity index (χ4n) is 1.19. The van der Waals surface area contributed by atoms with Gasteiger partial charge in [-0.3, -0.25) is 4.98 Å². The zero-order chi connectivity index (χ0) is 9.26. The van der Waals surface area contributed by atoms with E-state index in [0.717, 1.165) is 16.3 Å². The molecule has 0 unspecified atom stereocenters. The third kappa shape index (κ3) is 1.75. The number of aromatic nitrogens is 2. The van der Waals surface area contributed by atoms with Crippen LogP contribution in [0, 0.1) is 13.8 Å². The Morgan fingerprint density at radius 3 is 2.69 bits per heavy atom. The molecule has 2 aromatic heterocycles. The zero-order valence-corrected chi connectivity index (χ0v) is 8.43. The summed E-state index contributed by atoms with van der Waals surface area (Å²) in [4.78, 5) is 8.54. The predicted molar refractivity (Wildman–Crippen MR) is 54.8 cm³/mol. The highest BCUT2D eigenvalue weighted by molar-refractivity contribution is 7.09. The minimum absolute atomic E-state index is 1.03. The minimum Gasteiger partial charge on any atom is -0.264 e. The molecule has 2 rings (SSSR count). The van der Waals surface area contributed by atoms with E-state index in [1.54, 1.807) is 11.3 Å². The number of rotatable bonds is 1. The molecule has 2 nitrogen and oxygen atoms in total. The van der Waals surface area contributed by atoms with Gasteiger partial charge in [0.1, 0.15) is 0 Å². The zero-order valence-electron chi connectivity index (χ0n) is 7.61. The van der Waals surface area contributed by atoms with E-state index >= 15 is 0 Å². The van der Waals surface area contributed by atoms with Crippen LogP contribution in [0.15, 0.2) is 23.8 Å². The second kappa shape index (κ2) is 3.26. The normalized spacial score (nSPS) is 10.3. The molecule has 3 heteroatoms. The lowest BCUT2D eigenvalue weighted by Gasteiger charge is -1.96. The first-order valence-corrected chi connectivity index (χ1v) is 4.98. The number of pyridine rings is 1. The quantitative estimate of drug-likeness (QED) is 0.691. The molecule has 0 bridgehead atoms. The monoisotopic (exact) mass is 190 g/mol. The average molecular weight is 190 g/mol. The fraction of sp³-hybridized carbons (Fsp3) is 0.200. The minimum atomic E-state index is 1.03. The highest BCUT2D eigenvalue weighted by Crippen LogP contribution is 2.20. The van der Waals surface area contributed by atoms with E-state index in [4.69, 9.17) is 0 Å². The van der Waals surface area contributed by atoms with Gasteiger partial charge in [0.15, 0.2) is 0 Å². The van der Waals surface area contributed by atoms with E-state index < -0.39 is 0 Å². The molecule has 0 aromatic carbocycles. The molecular formula is C10H10N2S. The standard InChI is InChI=1S/C10H10N2S/c1-7-3-9(5-11-4-7)10-6-13-8(2)12-10/h3-6H,1-2H3. The summed E-state index contributed by atoms with van der Waals surface area (Å²) in [5.41, 5.74) is 3.30. The SMILES string of the molecule is Cc1cncc(-c2csc(C)n2)c1. The molecule has 0 aliphatic heterocycles. The summed E-state index contributed by atoms with van der Waals surface area (Å²) in [6, 6.07) is 2.10. The summed E-state index contributed by atoms with van der Waals surface area (Å²) < 4.78 is 0. The molecule has 0 aliphatic rings. The van der Waals surface area contributed by atoms with Crippen LogP contribution in [0.5, 0.6) is 0 Å². The van der Waals surface area contributed by atoms with Crippen molar-refractivity contribution in [3.05, 3.63) is 34.4 Å². The maximum absolute atomic E-state index is 4.40. The molecule has 66 valence electrons. The van der Waals surface area contributed by atoms with Crippen molar-refractivity contribution in [3.63, 3.8) is 0 Å². The molecule has 0 saturated heterocycles. The van der Waals surface area contributed by atoms with Crippen LogP contribution < -0.4 is 0 Å². The van der Waals surface area contributed by atoms with Gasteiger partial charge in [-0.25, -0.2) is 4.98 Å². The van der Waals surface area contributed by atoms with Crippen LogP contribution in [-0.2, 0) is 0 Å². The van der Waals surface area contributed by atoms with E-state index in [1.807, 2.05) is 26.2 Å². The van der Waals surface area contributed by atoms with Crippen molar-refractivity contribution in [2.24, 2.45) is 0 Å². The molecule has 0 radical (unpaired) electrons. The summed E-state index contributed by atoms with van der Waals surface area (Å²) in [5, 5.41) is 3.16. The lowest BCUT2D eigenvalue weighted by Crippen LogP contribution is -1.82. The topological polar surface area (TPSA) is 25.8 Å². The summed E-state index contributed by atoms with van der Waals surface area (Å²) in [6.45, 7) is 4.05. The molecule has 0 saturated carbocycles. The van der Waals surface area contributed by atoms with Crippen molar-refractivity contribution in [1.82, 2.24) is 9.97 Å². The number of hydrogen-bond donors (Lipinski definition) is 0. The molecule has 13 heavy (non-hydrogen) atoms. The van der Waals surface area contributed by atoms with Gasteiger partial charge in [-0.1, -0.05) is 0 Å². The first-order chi connectivity index (χ1) is 6.25.